The molecule has 0 bridgehead atoms. The molecule has 0 fully saturated rings. The maximum Gasteiger partial charge on any atom is 0.0931 e. The number of likely N-dealkylation sites (N-methyl/N-ethyl adjacent to an activating group) is 1. The van der Waals surface area contributed by atoms with Gasteiger partial charge in [0.1, 0.15) is 0 Å². The molecule has 0 saturated carbocycles. The van der Waals surface area contributed by atoms with Crippen molar-refractivity contribution in [2.45, 2.75) is 19.4 Å². The minimum absolute atomic E-state index is 0.124. The van der Waals surface area contributed by atoms with Gasteiger partial charge in [-0.15, -0.1) is 11.3 Å². The molecule has 2 heterocycles. The second-order valence-corrected chi connectivity index (χ2v) is 6.10. The van der Waals surface area contributed by atoms with Gasteiger partial charge in [-0.05, 0) is 30.8 Å². The molecule has 18 heavy (non-hydrogen) atoms. The van der Waals surface area contributed by atoms with E-state index in [0.29, 0.717) is 5.02 Å². The summed E-state index contributed by atoms with van der Waals surface area (Å²) in [7, 11) is 0. The van der Waals surface area contributed by atoms with Gasteiger partial charge >= 0.3 is 0 Å². The van der Waals surface area contributed by atoms with Crippen molar-refractivity contribution in [3.8, 4) is 0 Å². The van der Waals surface area contributed by atoms with Crippen molar-refractivity contribution in [2.24, 2.45) is 0 Å². The fourth-order valence-corrected chi connectivity index (χ4v) is 3.22. The predicted octanol–water partition coefficient (Wildman–Crippen LogP) is 4.34. The lowest BCUT2D eigenvalue weighted by Gasteiger charge is -2.17. The van der Waals surface area contributed by atoms with Gasteiger partial charge in [-0.25, -0.2) is 0 Å². The van der Waals surface area contributed by atoms with Gasteiger partial charge in [-0.2, -0.15) is 0 Å². The Morgan fingerprint density at radius 1 is 1.33 bits per heavy atom. The van der Waals surface area contributed by atoms with E-state index in [1.807, 2.05) is 24.3 Å². The van der Waals surface area contributed by atoms with Crippen LogP contribution in [0.5, 0.6) is 0 Å². The molecule has 2 aromatic heterocycles. The van der Waals surface area contributed by atoms with E-state index in [1.54, 1.807) is 17.5 Å². The number of thiophene rings is 1. The van der Waals surface area contributed by atoms with Crippen LogP contribution in [0.25, 0.3) is 0 Å². The van der Waals surface area contributed by atoms with Crippen LogP contribution in [0.4, 0.5) is 0 Å². The summed E-state index contributed by atoms with van der Waals surface area (Å²) in [4.78, 5) is 5.61. The Morgan fingerprint density at radius 3 is 2.78 bits per heavy atom. The second-order valence-electron chi connectivity index (χ2n) is 3.89. The van der Waals surface area contributed by atoms with Crippen molar-refractivity contribution in [3.63, 3.8) is 0 Å². The molecule has 96 valence electrons. The van der Waals surface area contributed by atoms with Gasteiger partial charge in [0.2, 0.25) is 0 Å². The first-order chi connectivity index (χ1) is 8.70. The van der Waals surface area contributed by atoms with Crippen molar-refractivity contribution >= 4 is 34.5 Å². The lowest BCUT2D eigenvalue weighted by atomic mass is 10.1. The number of aromatic nitrogens is 1. The van der Waals surface area contributed by atoms with Crippen LogP contribution in [0.2, 0.25) is 9.36 Å². The number of pyridine rings is 1. The van der Waals surface area contributed by atoms with E-state index < -0.39 is 0 Å². The zero-order valence-electron chi connectivity index (χ0n) is 9.99. The summed E-state index contributed by atoms with van der Waals surface area (Å²) in [5.74, 6) is 0. The Morgan fingerprint density at radius 2 is 2.17 bits per heavy atom. The van der Waals surface area contributed by atoms with Crippen LogP contribution < -0.4 is 5.32 Å². The minimum atomic E-state index is 0.124. The van der Waals surface area contributed by atoms with E-state index in [4.69, 9.17) is 23.2 Å². The maximum atomic E-state index is 6.20. The summed E-state index contributed by atoms with van der Waals surface area (Å²) in [5, 5.41) is 4.11. The normalized spacial score (nSPS) is 12.6. The van der Waals surface area contributed by atoms with Gasteiger partial charge < -0.3 is 5.32 Å². The van der Waals surface area contributed by atoms with Crippen LogP contribution in [0.3, 0.4) is 0 Å². The Hall–Kier alpha value is -0.610. The minimum Gasteiger partial charge on any atom is -0.309 e. The number of halogens is 2. The fourth-order valence-electron chi connectivity index (χ4n) is 1.83. The first-order valence-corrected chi connectivity index (χ1v) is 7.36. The van der Waals surface area contributed by atoms with Crippen LogP contribution in [-0.2, 0) is 6.42 Å². The van der Waals surface area contributed by atoms with E-state index in [-0.39, 0.29) is 6.04 Å². The molecule has 0 aliphatic carbocycles. The molecule has 0 saturated heterocycles. The topological polar surface area (TPSA) is 24.9 Å². The first kappa shape index (κ1) is 13.8. The van der Waals surface area contributed by atoms with Gasteiger partial charge in [0, 0.05) is 17.5 Å². The van der Waals surface area contributed by atoms with Gasteiger partial charge in [-0.3, -0.25) is 4.98 Å². The molecule has 2 nitrogen and oxygen atoms in total. The van der Waals surface area contributed by atoms with Crippen molar-refractivity contribution < 1.29 is 0 Å². The number of hydrogen-bond acceptors (Lipinski definition) is 3. The molecule has 0 aliphatic rings. The van der Waals surface area contributed by atoms with E-state index >= 15 is 0 Å². The monoisotopic (exact) mass is 300 g/mol. The molecule has 2 rings (SSSR count). The van der Waals surface area contributed by atoms with Crippen LogP contribution >= 0.6 is 34.5 Å². The maximum absolute atomic E-state index is 6.20. The quantitative estimate of drug-likeness (QED) is 0.888. The van der Waals surface area contributed by atoms with Crippen LogP contribution in [-0.4, -0.2) is 11.5 Å². The summed E-state index contributed by atoms with van der Waals surface area (Å²) in [6.45, 7) is 2.95. The zero-order valence-corrected chi connectivity index (χ0v) is 12.3. The average molecular weight is 301 g/mol. The van der Waals surface area contributed by atoms with Crippen molar-refractivity contribution in [2.75, 3.05) is 6.54 Å². The standard InChI is InChI=1S/C13H14Cl2N2S/c1-2-16-11(8-9-5-6-12(15)18-9)13-10(14)4-3-7-17-13/h3-7,11,16H,2,8H2,1H3. The molecule has 1 atom stereocenters. The summed E-state index contributed by atoms with van der Waals surface area (Å²) >= 11 is 13.8. The van der Waals surface area contributed by atoms with E-state index in [1.165, 1.54) is 4.88 Å². The predicted molar refractivity (Wildman–Crippen MR) is 78.7 cm³/mol. The van der Waals surface area contributed by atoms with E-state index in [0.717, 1.165) is 23.0 Å². The van der Waals surface area contributed by atoms with E-state index in [9.17, 15) is 0 Å². The molecule has 0 spiro atoms. The van der Waals surface area contributed by atoms with Gasteiger partial charge in [0.25, 0.3) is 0 Å². The molecule has 0 aromatic carbocycles. The lowest BCUT2D eigenvalue weighted by molar-refractivity contribution is 0.540. The SMILES string of the molecule is CCNC(Cc1ccc(Cl)s1)c1ncccc1Cl. The number of nitrogens with zero attached hydrogens (tertiary/aromatic N) is 1. The largest absolute Gasteiger partial charge is 0.309 e. The molecular formula is C13H14Cl2N2S. The summed E-state index contributed by atoms with van der Waals surface area (Å²) in [6, 6.07) is 7.81. The Labute approximate surface area is 121 Å². The lowest BCUT2D eigenvalue weighted by Crippen LogP contribution is -2.23. The summed E-state index contributed by atoms with van der Waals surface area (Å²) < 4.78 is 0.812. The molecule has 0 radical (unpaired) electrons. The molecule has 2 aromatic rings. The van der Waals surface area contributed by atoms with Gasteiger partial charge in [-0.1, -0.05) is 30.1 Å². The molecule has 1 unspecified atom stereocenters. The second kappa shape index (κ2) is 6.53. The van der Waals surface area contributed by atoms with Crippen molar-refractivity contribution in [3.05, 3.63) is 50.4 Å². The zero-order chi connectivity index (χ0) is 13.0. The van der Waals surface area contributed by atoms with Crippen LogP contribution in [0.1, 0.15) is 23.5 Å². The fraction of sp³-hybridized carbons (Fsp3) is 0.308. The molecule has 0 amide bonds. The molecular weight excluding hydrogens is 287 g/mol. The third kappa shape index (κ3) is 3.45. The number of hydrogen-bond donors (Lipinski definition) is 1. The highest BCUT2D eigenvalue weighted by molar-refractivity contribution is 7.16. The van der Waals surface area contributed by atoms with Crippen LogP contribution in [0, 0.1) is 0 Å². The molecule has 0 aliphatic heterocycles. The summed E-state index contributed by atoms with van der Waals surface area (Å²) in [5.41, 5.74) is 0.894. The highest BCUT2D eigenvalue weighted by Crippen LogP contribution is 2.28. The van der Waals surface area contributed by atoms with Gasteiger partial charge in [0.05, 0.1) is 21.1 Å². The van der Waals surface area contributed by atoms with Crippen LogP contribution in [0.15, 0.2) is 30.5 Å². The highest BCUT2D eigenvalue weighted by atomic mass is 35.5. The first-order valence-electron chi connectivity index (χ1n) is 5.78. The number of rotatable bonds is 5. The van der Waals surface area contributed by atoms with E-state index in [2.05, 4.69) is 17.2 Å². The Kier molecular flexibility index (Phi) is 5.01. The Balaban J connectivity index is 2.20. The highest BCUT2D eigenvalue weighted by Gasteiger charge is 2.16. The Bertz CT molecular complexity index is 513. The third-order valence-corrected chi connectivity index (χ3v) is 4.17. The molecule has 5 heteroatoms. The smallest absolute Gasteiger partial charge is 0.0931 e. The number of nitrogens with one attached hydrogen (secondary N) is 1. The summed E-state index contributed by atoms with van der Waals surface area (Å²) in [6.07, 6.45) is 2.62. The third-order valence-electron chi connectivity index (χ3n) is 2.60. The van der Waals surface area contributed by atoms with Crippen molar-refractivity contribution in [1.29, 1.82) is 0 Å². The molecule has 1 N–H and O–H groups in total. The van der Waals surface area contributed by atoms with Crippen molar-refractivity contribution in [1.82, 2.24) is 10.3 Å². The average Bonchev–Trinajstić information content (AvgIpc) is 2.75. The van der Waals surface area contributed by atoms with Gasteiger partial charge in [0.15, 0.2) is 0 Å².